The minimum absolute atomic E-state index is 0.0242. The molecule has 0 aliphatic heterocycles. The second-order valence-electron chi connectivity index (χ2n) is 4.20. The predicted octanol–water partition coefficient (Wildman–Crippen LogP) is 2.87. The third-order valence-electron chi connectivity index (χ3n) is 3.09. The van der Waals surface area contributed by atoms with Crippen LogP contribution in [0.3, 0.4) is 0 Å². The molecule has 19 heavy (non-hydrogen) atoms. The standard InChI is InChI=1S/C15H14N2O2/c1-19-14-8-4-12(5-9-14)15(10-16)11-2-6-13(17-18)7-3-11/h2-9,11,15,18H,1H3. The van der Waals surface area contributed by atoms with Crippen LogP contribution in [0.25, 0.3) is 0 Å². The third-order valence-corrected chi connectivity index (χ3v) is 3.09. The van der Waals surface area contributed by atoms with E-state index in [1.54, 1.807) is 19.3 Å². The van der Waals surface area contributed by atoms with Crippen molar-refractivity contribution in [2.24, 2.45) is 11.1 Å². The lowest BCUT2D eigenvalue weighted by atomic mass is 9.84. The Balaban J connectivity index is 2.21. The molecule has 1 aromatic carbocycles. The Morgan fingerprint density at radius 3 is 2.37 bits per heavy atom. The van der Waals surface area contributed by atoms with Crippen LogP contribution in [0.15, 0.2) is 53.7 Å². The van der Waals surface area contributed by atoms with E-state index < -0.39 is 0 Å². The first-order valence-corrected chi connectivity index (χ1v) is 5.90. The molecular weight excluding hydrogens is 240 g/mol. The molecule has 1 aromatic rings. The molecule has 0 bridgehead atoms. The van der Waals surface area contributed by atoms with E-state index in [-0.39, 0.29) is 11.8 Å². The summed E-state index contributed by atoms with van der Waals surface area (Å²) in [5.74, 6) is 0.479. The number of oxime groups is 1. The minimum Gasteiger partial charge on any atom is -0.497 e. The van der Waals surface area contributed by atoms with Crippen molar-refractivity contribution in [3.63, 3.8) is 0 Å². The fraction of sp³-hybridized carbons (Fsp3) is 0.200. The molecule has 1 aliphatic rings. The third kappa shape index (κ3) is 2.83. The van der Waals surface area contributed by atoms with Gasteiger partial charge in [0.2, 0.25) is 0 Å². The van der Waals surface area contributed by atoms with Crippen LogP contribution in [-0.2, 0) is 0 Å². The van der Waals surface area contributed by atoms with E-state index in [0.717, 1.165) is 11.3 Å². The average molecular weight is 254 g/mol. The van der Waals surface area contributed by atoms with E-state index in [9.17, 15) is 5.26 Å². The first kappa shape index (κ1) is 12.9. The van der Waals surface area contributed by atoms with E-state index in [1.807, 2.05) is 36.4 Å². The van der Waals surface area contributed by atoms with Gasteiger partial charge in [-0.05, 0) is 29.8 Å². The Morgan fingerprint density at radius 2 is 1.89 bits per heavy atom. The second kappa shape index (κ2) is 5.87. The topological polar surface area (TPSA) is 65.6 Å². The van der Waals surface area contributed by atoms with Crippen LogP contribution in [0.4, 0.5) is 0 Å². The van der Waals surface area contributed by atoms with E-state index >= 15 is 0 Å². The highest BCUT2D eigenvalue weighted by Gasteiger charge is 2.20. The van der Waals surface area contributed by atoms with E-state index in [2.05, 4.69) is 11.2 Å². The molecule has 4 nitrogen and oxygen atoms in total. The van der Waals surface area contributed by atoms with Crippen LogP contribution < -0.4 is 4.74 Å². The lowest BCUT2D eigenvalue weighted by Gasteiger charge is -2.18. The van der Waals surface area contributed by atoms with Gasteiger partial charge in [-0.15, -0.1) is 0 Å². The van der Waals surface area contributed by atoms with Crippen molar-refractivity contribution in [2.75, 3.05) is 7.11 Å². The van der Waals surface area contributed by atoms with Crippen molar-refractivity contribution in [3.8, 4) is 11.8 Å². The Hall–Kier alpha value is -2.54. The van der Waals surface area contributed by atoms with E-state index in [0.29, 0.717) is 5.71 Å². The summed E-state index contributed by atoms with van der Waals surface area (Å²) in [5.41, 5.74) is 1.43. The second-order valence-corrected chi connectivity index (χ2v) is 4.20. The van der Waals surface area contributed by atoms with Crippen molar-refractivity contribution in [1.29, 1.82) is 5.26 Å². The van der Waals surface area contributed by atoms with Crippen LogP contribution in [0, 0.1) is 17.2 Å². The number of allylic oxidation sites excluding steroid dienone is 4. The lowest BCUT2D eigenvalue weighted by Crippen LogP contribution is -2.10. The summed E-state index contributed by atoms with van der Waals surface area (Å²) in [6, 6.07) is 9.79. The summed E-state index contributed by atoms with van der Waals surface area (Å²) in [6.45, 7) is 0. The molecule has 0 heterocycles. The smallest absolute Gasteiger partial charge is 0.118 e. The van der Waals surface area contributed by atoms with Gasteiger partial charge in [-0.2, -0.15) is 5.26 Å². The fourth-order valence-corrected chi connectivity index (χ4v) is 2.02. The molecular formula is C15H14N2O2. The summed E-state index contributed by atoms with van der Waals surface area (Å²) < 4.78 is 5.10. The highest BCUT2D eigenvalue weighted by atomic mass is 16.5. The van der Waals surface area contributed by atoms with Crippen LogP contribution in [-0.4, -0.2) is 18.0 Å². The van der Waals surface area contributed by atoms with Gasteiger partial charge in [0, 0.05) is 5.92 Å². The number of ether oxygens (including phenoxy) is 1. The molecule has 1 unspecified atom stereocenters. The quantitative estimate of drug-likeness (QED) is 0.666. The maximum absolute atomic E-state index is 9.35. The highest BCUT2D eigenvalue weighted by Crippen LogP contribution is 2.29. The summed E-state index contributed by atoms with van der Waals surface area (Å²) in [7, 11) is 1.61. The first-order chi connectivity index (χ1) is 9.28. The fourth-order valence-electron chi connectivity index (χ4n) is 2.02. The molecule has 0 saturated heterocycles. The average Bonchev–Trinajstić information content (AvgIpc) is 2.49. The number of nitrogens with zero attached hydrogens (tertiary/aromatic N) is 2. The Labute approximate surface area is 111 Å². The van der Waals surface area contributed by atoms with E-state index in [1.165, 1.54) is 0 Å². The number of methoxy groups -OCH3 is 1. The van der Waals surface area contributed by atoms with Crippen molar-refractivity contribution in [3.05, 3.63) is 54.1 Å². The van der Waals surface area contributed by atoms with Crippen molar-refractivity contribution in [2.45, 2.75) is 5.92 Å². The number of nitriles is 1. The number of benzene rings is 1. The molecule has 1 aliphatic carbocycles. The van der Waals surface area contributed by atoms with Crippen LogP contribution in [0.5, 0.6) is 5.75 Å². The molecule has 0 radical (unpaired) electrons. The summed E-state index contributed by atoms with van der Waals surface area (Å²) >= 11 is 0. The monoisotopic (exact) mass is 254 g/mol. The van der Waals surface area contributed by atoms with Crippen LogP contribution in [0.1, 0.15) is 11.5 Å². The van der Waals surface area contributed by atoms with Gasteiger partial charge in [0.05, 0.1) is 19.1 Å². The number of rotatable bonds is 3. The van der Waals surface area contributed by atoms with Gasteiger partial charge in [0.25, 0.3) is 0 Å². The molecule has 0 spiro atoms. The van der Waals surface area contributed by atoms with Crippen molar-refractivity contribution >= 4 is 5.71 Å². The highest BCUT2D eigenvalue weighted by molar-refractivity contribution is 6.04. The van der Waals surface area contributed by atoms with Gasteiger partial charge < -0.3 is 9.94 Å². The van der Waals surface area contributed by atoms with Crippen molar-refractivity contribution in [1.82, 2.24) is 0 Å². The van der Waals surface area contributed by atoms with Gasteiger partial charge in [0.15, 0.2) is 0 Å². The number of hydrogen-bond donors (Lipinski definition) is 1. The zero-order valence-electron chi connectivity index (χ0n) is 10.5. The largest absolute Gasteiger partial charge is 0.497 e. The molecule has 2 rings (SSSR count). The van der Waals surface area contributed by atoms with Gasteiger partial charge in [0.1, 0.15) is 11.5 Å². The molecule has 4 heteroatoms. The zero-order valence-corrected chi connectivity index (χ0v) is 10.5. The van der Waals surface area contributed by atoms with Gasteiger partial charge in [-0.25, -0.2) is 0 Å². The van der Waals surface area contributed by atoms with E-state index in [4.69, 9.17) is 9.94 Å². The summed E-state index contributed by atoms with van der Waals surface area (Å²) in [4.78, 5) is 0. The molecule has 0 aromatic heterocycles. The first-order valence-electron chi connectivity index (χ1n) is 5.90. The maximum atomic E-state index is 9.35. The molecule has 96 valence electrons. The SMILES string of the molecule is COc1ccc(C(C#N)C2C=CC(=NO)C=C2)cc1. The summed E-state index contributed by atoms with van der Waals surface area (Å²) in [6.07, 6.45) is 7.15. The minimum atomic E-state index is -0.265. The molecule has 1 atom stereocenters. The van der Waals surface area contributed by atoms with Gasteiger partial charge in [-0.1, -0.05) is 29.4 Å². The molecule has 0 fully saturated rings. The zero-order chi connectivity index (χ0) is 13.7. The molecule has 0 amide bonds. The van der Waals surface area contributed by atoms with Gasteiger partial charge >= 0.3 is 0 Å². The molecule has 1 N–H and O–H groups in total. The molecule has 0 saturated carbocycles. The normalized spacial score (nSPS) is 18.7. The predicted molar refractivity (Wildman–Crippen MR) is 72.3 cm³/mol. The number of hydrogen-bond acceptors (Lipinski definition) is 4. The Kier molecular flexibility index (Phi) is 3.99. The van der Waals surface area contributed by atoms with Gasteiger partial charge in [-0.3, -0.25) is 0 Å². The Bertz CT molecular complexity index is 549. The van der Waals surface area contributed by atoms with Crippen LogP contribution in [0.2, 0.25) is 0 Å². The maximum Gasteiger partial charge on any atom is 0.118 e. The summed E-state index contributed by atoms with van der Waals surface area (Å²) in [5, 5.41) is 21.1. The Morgan fingerprint density at radius 1 is 1.26 bits per heavy atom. The van der Waals surface area contributed by atoms with Crippen LogP contribution >= 0.6 is 0 Å². The lowest BCUT2D eigenvalue weighted by molar-refractivity contribution is 0.320. The van der Waals surface area contributed by atoms with Crippen molar-refractivity contribution < 1.29 is 9.94 Å².